The first-order valence-corrected chi connectivity index (χ1v) is 9.25. The number of hydrogen-bond donors (Lipinski definition) is 1. The van der Waals surface area contributed by atoms with Crippen LogP contribution in [0.1, 0.15) is 48.9 Å². The molecule has 1 aliphatic carbocycles. The molecule has 138 valence electrons. The van der Waals surface area contributed by atoms with E-state index < -0.39 is 0 Å². The van der Waals surface area contributed by atoms with E-state index in [-0.39, 0.29) is 48.6 Å². The van der Waals surface area contributed by atoms with Crippen LogP contribution in [0.4, 0.5) is 0 Å². The Morgan fingerprint density at radius 1 is 1.12 bits per heavy atom. The highest BCUT2D eigenvalue weighted by atomic mass is 16.2. The predicted octanol–water partition coefficient (Wildman–Crippen LogP) is 2.82. The number of nitrogens with one attached hydrogen (secondary N) is 1. The molecule has 1 saturated heterocycles. The van der Waals surface area contributed by atoms with Crippen LogP contribution in [0.25, 0.3) is 0 Å². The van der Waals surface area contributed by atoms with Gasteiger partial charge < -0.3 is 5.32 Å². The third kappa shape index (κ3) is 3.57. The summed E-state index contributed by atoms with van der Waals surface area (Å²) in [7, 11) is 0. The number of benzene rings is 1. The standard InChI is InChI=1S/C21H26N2O3/c1-13-8-9-16(12-14(13)2)15(3)22-19(24)10-11-23-20(25)17-6-4-5-7-18(17)21(23)26/h4-5,8-9,12,15,17-18H,6-7,10-11H2,1-3H3,(H,22,24)/t15-,17-,18+/m1/s1. The van der Waals surface area contributed by atoms with Crippen LogP contribution in [-0.2, 0) is 14.4 Å². The Kier molecular flexibility index (Phi) is 5.25. The zero-order chi connectivity index (χ0) is 18.8. The van der Waals surface area contributed by atoms with Crippen molar-refractivity contribution >= 4 is 17.7 Å². The van der Waals surface area contributed by atoms with Gasteiger partial charge in [0, 0.05) is 13.0 Å². The van der Waals surface area contributed by atoms with Gasteiger partial charge in [0.05, 0.1) is 17.9 Å². The summed E-state index contributed by atoms with van der Waals surface area (Å²) < 4.78 is 0. The minimum Gasteiger partial charge on any atom is -0.350 e. The lowest BCUT2D eigenvalue weighted by atomic mass is 9.85. The topological polar surface area (TPSA) is 66.5 Å². The summed E-state index contributed by atoms with van der Waals surface area (Å²) in [5.74, 6) is -0.863. The number of allylic oxidation sites excluding steroid dienone is 2. The molecule has 3 amide bonds. The van der Waals surface area contributed by atoms with E-state index in [0.717, 1.165) is 5.56 Å². The van der Waals surface area contributed by atoms with Gasteiger partial charge in [-0.3, -0.25) is 19.3 Å². The summed E-state index contributed by atoms with van der Waals surface area (Å²) in [6.07, 6.45) is 5.32. The second-order valence-electron chi connectivity index (χ2n) is 7.37. The fraction of sp³-hybridized carbons (Fsp3) is 0.476. The smallest absolute Gasteiger partial charge is 0.233 e. The highest BCUT2D eigenvalue weighted by molar-refractivity contribution is 6.05. The van der Waals surface area contributed by atoms with Gasteiger partial charge in [0.1, 0.15) is 0 Å². The first-order valence-electron chi connectivity index (χ1n) is 9.25. The van der Waals surface area contributed by atoms with Gasteiger partial charge in [-0.2, -0.15) is 0 Å². The lowest BCUT2D eigenvalue weighted by molar-refractivity contribution is -0.140. The molecule has 0 aromatic heterocycles. The van der Waals surface area contributed by atoms with E-state index >= 15 is 0 Å². The number of aryl methyl sites for hydroxylation is 2. The quantitative estimate of drug-likeness (QED) is 0.653. The average Bonchev–Trinajstić information content (AvgIpc) is 2.86. The molecular weight excluding hydrogens is 328 g/mol. The molecule has 0 unspecified atom stereocenters. The molecular formula is C21H26N2O3. The monoisotopic (exact) mass is 354 g/mol. The van der Waals surface area contributed by atoms with Crippen LogP contribution in [0.3, 0.4) is 0 Å². The van der Waals surface area contributed by atoms with Gasteiger partial charge in [-0.25, -0.2) is 0 Å². The van der Waals surface area contributed by atoms with Crippen LogP contribution in [-0.4, -0.2) is 29.2 Å². The molecule has 3 atom stereocenters. The van der Waals surface area contributed by atoms with Crippen LogP contribution < -0.4 is 5.32 Å². The molecule has 2 aliphatic rings. The van der Waals surface area contributed by atoms with Gasteiger partial charge in [-0.05, 0) is 50.3 Å². The number of nitrogens with zero attached hydrogens (tertiary/aromatic N) is 1. The van der Waals surface area contributed by atoms with Gasteiger partial charge in [0.2, 0.25) is 17.7 Å². The lowest BCUT2D eigenvalue weighted by Crippen LogP contribution is -2.36. The third-order valence-electron chi connectivity index (χ3n) is 5.57. The first kappa shape index (κ1) is 18.4. The van der Waals surface area contributed by atoms with Gasteiger partial charge >= 0.3 is 0 Å². The molecule has 0 saturated carbocycles. The van der Waals surface area contributed by atoms with Crippen molar-refractivity contribution in [3.05, 3.63) is 47.0 Å². The highest BCUT2D eigenvalue weighted by Crippen LogP contribution is 2.35. The molecule has 1 aliphatic heterocycles. The zero-order valence-corrected chi connectivity index (χ0v) is 15.6. The maximum absolute atomic E-state index is 12.4. The summed E-state index contributed by atoms with van der Waals surface area (Å²) in [6.45, 7) is 6.20. The van der Waals surface area contributed by atoms with Gasteiger partial charge in [-0.15, -0.1) is 0 Å². The average molecular weight is 354 g/mol. The fourth-order valence-corrected chi connectivity index (χ4v) is 3.73. The fourth-order valence-electron chi connectivity index (χ4n) is 3.73. The van der Waals surface area contributed by atoms with Crippen molar-refractivity contribution in [1.29, 1.82) is 0 Å². The van der Waals surface area contributed by atoms with Crippen LogP contribution in [0, 0.1) is 25.7 Å². The number of fused-ring (bicyclic) bond motifs is 1. The normalized spacial score (nSPS) is 23.1. The SMILES string of the molecule is Cc1ccc([C@@H](C)NC(=O)CCN2C(=O)[C@H]3CC=CC[C@H]3C2=O)cc1C. The molecule has 0 radical (unpaired) electrons. The van der Waals surface area contributed by atoms with E-state index in [9.17, 15) is 14.4 Å². The highest BCUT2D eigenvalue weighted by Gasteiger charge is 2.46. The van der Waals surface area contributed by atoms with E-state index in [1.54, 1.807) is 0 Å². The largest absolute Gasteiger partial charge is 0.350 e. The van der Waals surface area contributed by atoms with Crippen LogP contribution in [0.5, 0.6) is 0 Å². The van der Waals surface area contributed by atoms with Gasteiger partial charge in [-0.1, -0.05) is 30.4 Å². The number of imide groups is 1. The van der Waals surface area contributed by atoms with Crippen molar-refractivity contribution in [1.82, 2.24) is 10.2 Å². The summed E-state index contributed by atoms with van der Waals surface area (Å²) in [5, 5.41) is 2.96. The number of carbonyl (C=O) groups is 3. The molecule has 5 heteroatoms. The summed E-state index contributed by atoms with van der Waals surface area (Å²) in [6, 6.07) is 6.02. The lowest BCUT2D eigenvalue weighted by Gasteiger charge is -2.18. The second-order valence-corrected chi connectivity index (χ2v) is 7.37. The molecule has 1 fully saturated rings. The molecule has 0 bridgehead atoms. The van der Waals surface area contributed by atoms with Crippen LogP contribution in [0.2, 0.25) is 0 Å². The number of carbonyl (C=O) groups excluding carboxylic acids is 3. The van der Waals surface area contributed by atoms with Crippen molar-refractivity contribution in [2.75, 3.05) is 6.54 Å². The maximum Gasteiger partial charge on any atom is 0.233 e. The summed E-state index contributed by atoms with van der Waals surface area (Å²) in [4.78, 5) is 38.4. The Hall–Kier alpha value is -2.43. The molecule has 3 rings (SSSR count). The molecule has 0 spiro atoms. The second kappa shape index (κ2) is 7.44. The minimum atomic E-state index is -0.231. The molecule has 5 nitrogen and oxygen atoms in total. The first-order chi connectivity index (χ1) is 12.4. The van der Waals surface area contributed by atoms with Crippen LogP contribution >= 0.6 is 0 Å². The molecule has 1 N–H and O–H groups in total. The van der Waals surface area contributed by atoms with E-state index in [2.05, 4.69) is 18.3 Å². The Morgan fingerprint density at radius 3 is 2.31 bits per heavy atom. The summed E-state index contributed by atoms with van der Waals surface area (Å²) >= 11 is 0. The Morgan fingerprint density at radius 2 is 1.73 bits per heavy atom. The maximum atomic E-state index is 12.4. The Labute approximate surface area is 154 Å². The zero-order valence-electron chi connectivity index (χ0n) is 15.6. The van der Waals surface area contributed by atoms with Crippen molar-refractivity contribution in [3.63, 3.8) is 0 Å². The number of rotatable bonds is 5. The van der Waals surface area contributed by atoms with E-state index in [4.69, 9.17) is 0 Å². The summed E-state index contributed by atoms with van der Waals surface area (Å²) in [5.41, 5.74) is 3.45. The van der Waals surface area contributed by atoms with Crippen molar-refractivity contribution in [2.24, 2.45) is 11.8 Å². The number of likely N-dealkylation sites (tertiary alicyclic amines) is 1. The molecule has 1 aromatic carbocycles. The third-order valence-corrected chi connectivity index (χ3v) is 5.57. The van der Waals surface area contributed by atoms with Crippen molar-refractivity contribution < 1.29 is 14.4 Å². The van der Waals surface area contributed by atoms with E-state index in [0.29, 0.717) is 12.8 Å². The minimum absolute atomic E-state index is 0.112. The van der Waals surface area contributed by atoms with Crippen molar-refractivity contribution in [2.45, 2.75) is 46.1 Å². The Bertz CT molecular complexity index is 743. The van der Waals surface area contributed by atoms with Gasteiger partial charge in [0.15, 0.2) is 0 Å². The number of hydrogen-bond acceptors (Lipinski definition) is 3. The predicted molar refractivity (Wildman–Crippen MR) is 99.2 cm³/mol. The van der Waals surface area contributed by atoms with Crippen LogP contribution in [0.15, 0.2) is 30.4 Å². The Balaban J connectivity index is 1.55. The number of amides is 3. The van der Waals surface area contributed by atoms with Crippen molar-refractivity contribution in [3.8, 4) is 0 Å². The van der Waals surface area contributed by atoms with E-state index in [1.165, 1.54) is 16.0 Å². The molecule has 26 heavy (non-hydrogen) atoms. The van der Waals surface area contributed by atoms with E-state index in [1.807, 2.05) is 38.1 Å². The molecule has 1 aromatic rings. The van der Waals surface area contributed by atoms with Gasteiger partial charge in [0.25, 0.3) is 0 Å². The molecule has 1 heterocycles.